The second kappa shape index (κ2) is 8.32. The van der Waals surface area contributed by atoms with Gasteiger partial charge in [-0.1, -0.05) is 48.0 Å². The Morgan fingerprint density at radius 1 is 1.07 bits per heavy atom. The summed E-state index contributed by atoms with van der Waals surface area (Å²) in [5.74, 6) is -0.268. The molecule has 2 aromatic heterocycles. The molecule has 0 saturated heterocycles. The van der Waals surface area contributed by atoms with Gasteiger partial charge in [-0.05, 0) is 30.2 Å². The van der Waals surface area contributed by atoms with Crippen LogP contribution in [0.1, 0.15) is 5.56 Å². The number of fused-ring (bicyclic) bond motifs is 1. The summed E-state index contributed by atoms with van der Waals surface area (Å²) in [6.07, 6.45) is 2.65. The number of hydrogen-bond acceptors (Lipinski definition) is 3. The smallest absolute Gasteiger partial charge is 0.267 e. The van der Waals surface area contributed by atoms with Crippen LogP contribution in [-0.4, -0.2) is 27.2 Å². The van der Waals surface area contributed by atoms with Crippen LogP contribution in [0.15, 0.2) is 71.7 Å². The van der Waals surface area contributed by atoms with Gasteiger partial charge in [0, 0.05) is 35.3 Å². The highest BCUT2D eigenvalue weighted by Gasteiger charge is 2.10. The first-order valence-electron chi connectivity index (χ1n) is 9.26. The summed E-state index contributed by atoms with van der Waals surface area (Å²) < 4.78 is 1.15. The van der Waals surface area contributed by atoms with Crippen molar-refractivity contribution in [2.75, 3.05) is 6.54 Å². The molecule has 6 nitrogen and oxygen atoms in total. The molecule has 146 valence electrons. The highest BCUT2D eigenvalue weighted by molar-refractivity contribution is 6.33. The van der Waals surface area contributed by atoms with Gasteiger partial charge in [0.25, 0.3) is 5.56 Å². The van der Waals surface area contributed by atoms with E-state index >= 15 is 0 Å². The SMILES string of the molecule is O=C(Cn1nc(-c2ccccc2Cl)ccc1=O)NCCc1c[nH]c2ccccc12. The van der Waals surface area contributed by atoms with Crippen molar-refractivity contribution in [1.29, 1.82) is 0 Å². The molecule has 0 atom stereocenters. The molecule has 2 aromatic carbocycles. The van der Waals surface area contributed by atoms with E-state index in [9.17, 15) is 9.59 Å². The highest BCUT2D eigenvalue weighted by Crippen LogP contribution is 2.24. The van der Waals surface area contributed by atoms with Gasteiger partial charge in [0.05, 0.1) is 10.7 Å². The third-order valence-corrected chi connectivity index (χ3v) is 5.03. The summed E-state index contributed by atoms with van der Waals surface area (Å²) in [4.78, 5) is 27.7. The van der Waals surface area contributed by atoms with E-state index in [1.807, 2.05) is 48.7 Å². The molecule has 1 amide bonds. The molecule has 0 fully saturated rings. The minimum atomic E-state index is -0.340. The molecule has 2 N–H and O–H groups in total. The number of carbonyl (C=O) groups is 1. The van der Waals surface area contributed by atoms with Gasteiger partial charge in [0.1, 0.15) is 6.54 Å². The van der Waals surface area contributed by atoms with Crippen molar-refractivity contribution < 1.29 is 4.79 Å². The predicted molar refractivity (Wildman–Crippen MR) is 114 cm³/mol. The first-order chi connectivity index (χ1) is 14.1. The second-order valence-electron chi connectivity index (χ2n) is 6.65. The fraction of sp³-hybridized carbons (Fsp3) is 0.136. The fourth-order valence-electron chi connectivity index (χ4n) is 3.24. The lowest BCUT2D eigenvalue weighted by Gasteiger charge is -2.09. The summed E-state index contributed by atoms with van der Waals surface area (Å²) in [6.45, 7) is 0.324. The molecule has 0 aliphatic heterocycles. The summed E-state index contributed by atoms with van der Waals surface area (Å²) in [7, 11) is 0. The number of H-pyrrole nitrogens is 1. The standard InChI is InChI=1S/C22H19ClN4O2/c23-18-7-3-1-6-17(18)20-9-10-22(29)27(26-20)14-21(28)24-12-11-15-13-25-19-8-4-2-5-16(15)19/h1-10,13,25H,11-12,14H2,(H,24,28). The van der Waals surface area contributed by atoms with Crippen molar-refractivity contribution in [3.8, 4) is 11.3 Å². The molecule has 2 heterocycles. The van der Waals surface area contributed by atoms with E-state index in [1.165, 1.54) is 6.07 Å². The Labute approximate surface area is 172 Å². The Morgan fingerprint density at radius 3 is 2.72 bits per heavy atom. The molecule has 0 spiro atoms. The fourth-order valence-corrected chi connectivity index (χ4v) is 3.47. The van der Waals surface area contributed by atoms with Crippen LogP contribution in [0.5, 0.6) is 0 Å². The molecule has 7 heteroatoms. The molecular weight excluding hydrogens is 388 g/mol. The Hall–Kier alpha value is -3.38. The van der Waals surface area contributed by atoms with Gasteiger partial charge in [-0.3, -0.25) is 9.59 Å². The summed E-state index contributed by atoms with van der Waals surface area (Å²) in [6, 6.07) is 18.3. The van der Waals surface area contributed by atoms with Crippen molar-refractivity contribution in [2.45, 2.75) is 13.0 Å². The van der Waals surface area contributed by atoms with Crippen LogP contribution in [0.2, 0.25) is 5.02 Å². The summed E-state index contributed by atoms with van der Waals surface area (Å²) in [5, 5.41) is 8.83. The Morgan fingerprint density at radius 2 is 1.86 bits per heavy atom. The van der Waals surface area contributed by atoms with E-state index < -0.39 is 0 Å². The predicted octanol–water partition coefficient (Wildman–Crippen LogP) is 3.40. The van der Waals surface area contributed by atoms with Crippen LogP contribution >= 0.6 is 11.6 Å². The Kier molecular flexibility index (Phi) is 5.44. The number of para-hydroxylation sites is 1. The maximum atomic E-state index is 12.3. The van der Waals surface area contributed by atoms with Crippen molar-refractivity contribution in [3.63, 3.8) is 0 Å². The van der Waals surface area contributed by atoms with Crippen LogP contribution in [-0.2, 0) is 17.8 Å². The molecule has 0 aliphatic rings. The molecule has 0 saturated carbocycles. The third-order valence-electron chi connectivity index (χ3n) is 4.70. The number of hydrogen-bond donors (Lipinski definition) is 2. The number of halogens is 1. The van der Waals surface area contributed by atoms with Gasteiger partial charge in [-0.25, -0.2) is 4.68 Å². The van der Waals surface area contributed by atoms with Gasteiger partial charge in [-0.2, -0.15) is 5.10 Å². The summed E-state index contributed by atoms with van der Waals surface area (Å²) >= 11 is 6.21. The molecule has 29 heavy (non-hydrogen) atoms. The first kappa shape index (κ1) is 19.0. The van der Waals surface area contributed by atoms with E-state index in [0.29, 0.717) is 29.2 Å². The average molecular weight is 407 g/mol. The molecule has 4 aromatic rings. The molecule has 4 rings (SSSR count). The number of nitrogens with zero attached hydrogens (tertiary/aromatic N) is 2. The minimum Gasteiger partial charge on any atom is -0.361 e. The lowest BCUT2D eigenvalue weighted by atomic mass is 10.1. The lowest BCUT2D eigenvalue weighted by molar-refractivity contribution is -0.121. The van der Waals surface area contributed by atoms with Gasteiger partial charge in [0.15, 0.2) is 0 Å². The van der Waals surface area contributed by atoms with Crippen LogP contribution in [0, 0.1) is 0 Å². The van der Waals surface area contributed by atoms with Crippen molar-refractivity contribution in [2.24, 2.45) is 0 Å². The number of carbonyl (C=O) groups excluding carboxylic acids is 1. The van der Waals surface area contributed by atoms with E-state index in [4.69, 9.17) is 11.6 Å². The van der Waals surface area contributed by atoms with E-state index in [2.05, 4.69) is 15.4 Å². The van der Waals surface area contributed by atoms with Crippen molar-refractivity contribution >= 4 is 28.4 Å². The van der Waals surface area contributed by atoms with Gasteiger partial charge >= 0.3 is 0 Å². The van der Waals surface area contributed by atoms with Crippen LogP contribution in [0.25, 0.3) is 22.2 Å². The largest absolute Gasteiger partial charge is 0.361 e. The lowest BCUT2D eigenvalue weighted by Crippen LogP contribution is -2.34. The normalized spacial score (nSPS) is 10.9. The number of aromatic nitrogens is 3. The summed E-state index contributed by atoms with van der Waals surface area (Å²) in [5.41, 5.74) is 3.12. The number of aromatic amines is 1. The quantitative estimate of drug-likeness (QED) is 0.515. The van der Waals surface area contributed by atoms with E-state index in [0.717, 1.165) is 21.1 Å². The molecule has 0 unspecified atom stereocenters. The number of rotatable bonds is 6. The van der Waals surface area contributed by atoms with Crippen LogP contribution < -0.4 is 10.9 Å². The van der Waals surface area contributed by atoms with Gasteiger partial charge in [-0.15, -0.1) is 0 Å². The van der Waals surface area contributed by atoms with E-state index in [-0.39, 0.29) is 18.0 Å². The number of nitrogens with one attached hydrogen (secondary N) is 2. The van der Waals surface area contributed by atoms with Gasteiger partial charge < -0.3 is 10.3 Å². The van der Waals surface area contributed by atoms with Crippen LogP contribution in [0.3, 0.4) is 0 Å². The molecular formula is C22H19ClN4O2. The monoisotopic (exact) mass is 406 g/mol. The van der Waals surface area contributed by atoms with Crippen molar-refractivity contribution in [1.82, 2.24) is 20.1 Å². The molecule has 0 aliphatic carbocycles. The maximum Gasteiger partial charge on any atom is 0.267 e. The highest BCUT2D eigenvalue weighted by atomic mass is 35.5. The van der Waals surface area contributed by atoms with E-state index in [1.54, 1.807) is 12.1 Å². The maximum absolute atomic E-state index is 12.3. The Bertz CT molecular complexity index is 1230. The molecule has 0 radical (unpaired) electrons. The second-order valence-corrected chi connectivity index (χ2v) is 7.06. The van der Waals surface area contributed by atoms with Crippen LogP contribution in [0.4, 0.5) is 0 Å². The Balaban J connectivity index is 1.41. The number of amides is 1. The average Bonchev–Trinajstić information content (AvgIpc) is 3.13. The third kappa shape index (κ3) is 4.22. The first-order valence-corrected chi connectivity index (χ1v) is 9.64. The molecule has 0 bridgehead atoms. The number of benzene rings is 2. The minimum absolute atomic E-state index is 0.148. The zero-order valence-electron chi connectivity index (χ0n) is 15.6. The zero-order valence-corrected chi connectivity index (χ0v) is 16.3. The zero-order chi connectivity index (χ0) is 20.2. The van der Waals surface area contributed by atoms with Gasteiger partial charge in [0.2, 0.25) is 5.91 Å². The van der Waals surface area contributed by atoms with Crippen molar-refractivity contribution in [3.05, 3.63) is 87.8 Å². The topological polar surface area (TPSA) is 79.8 Å².